The highest BCUT2D eigenvalue weighted by Crippen LogP contribution is 2.11. The minimum absolute atomic E-state index is 0.124. The summed E-state index contributed by atoms with van der Waals surface area (Å²) in [6, 6.07) is 0.194. The van der Waals surface area contributed by atoms with Crippen LogP contribution in [0.3, 0.4) is 0 Å². The maximum atomic E-state index is 5.49. The largest absolute Gasteiger partial charge is 0.467 e. The lowest BCUT2D eigenvalue weighted by atomic mass is 10.5. The molecular weight excluding hydrogens is 228 g/mol. The number of anilines is 2. The van der Waals surface area contributed by atoms with Gasteiger partial charge in [0.15, 0.2) is 0 Å². The number of methoxy groups -OCH3 is 1. The van der Waals surface area contributed by atoms with E-state index >= 15 is 0 Å². The Balaban J connectivity index is 2.06. The molecule has 2 aromatic rings. The Kier molecular flexibility index (Phi) is 3.10. The molecule has 2 heterocycles. The topological polar surface area (TPSA) is 98.8 Å². The van der Waals surface area contributed by atoms with Gasteiger partial charge in [0.2, 0.25) is 11.9 Å². The van der Waals surface area contributed by atoms with Crippen LogP contribution in [0.15, 0.2) is 11.7 Å². The summed E-state index contributed by atoms with van der Waals surface area (Å²) in [4.78, 5) is 16.8. The minimum Gasteiger partial charge on any atom is -0.467 e. The summed E-state index contributed by atoms with van der Waals surface area (Å²) in [6.07, 6.45) is 1.78. The number of aromatic nitrogens is 4. The Morgan fingerprint density at radius 1 is 1.44 bits per heavy atom. The van der Waals surface area contributed by atoms with Crippen LogP contribution >= 0.6 is 11.3 Å². The van der Waals surface area contributed by atoms with Crippen molar-refractivity contribution < 1.29 is 4.74 Å². The molecule has 8 heteroatoms. The summed E-state index contributed by atoms with van der Waals surface area (Å²) in [7, 11) is 1.47. The van der Waals surface area contributed by atoms with Crippen LogP contribution in [0.25, 0.3) is 0 Å². The second-order valence-electron chi connectivity index (χ2n) is 2.83. The first-order valence-corrected chi connectivity index (χ1v) is 5.32. The molecule has 7 nitrogen and oxygen atoms in total. The van der Waals surface area contributed by atoms with Crippen molar-refractivity contribution >= 4 is 23.2 Å². The van der Waals surface area contributed by atoms with Gasteiger partial charge >= 0.3 is 6.01 Å². The number of thiazole rings is 1. The van der Waals surface area contributed by atoms with Crippen LogP contribution in [-0.2, 0) is 6.54 Å². The Morgan fingerprint density at radius 2 is 2.31 bits per heavy atom. The predicted octanol–water partition coefficient (Wildman–Crippen LogP) is 0.531. The van der Waals surface area contributed by atoms with E-state index in [0.29, 0.717) is 12.5 Å². The van der Waals surface area contributed by atoms with Gasteiger partial charge < -0.3 is 15.8 Å². The zero-order valence-electron chi connectivity index (χ0n) is 8.54. The van der Waals surface area contributed by atoms with Gasteiger partial charge in [-0.25, -0.2) is 0 Å². The molecule has 0 amide bonds. The molecule has 0 radical (unpaired) electrons. The molecule has 0 aliphatic rings. The summed E-state index contributed by atoms with van der Waals surface area (Å²) in [5, 5.41) is 3.01. The van der Waals surface area contributed by atoms with Crippen molar-refractivity contribution in [3.63, 3.8) is 0 Å². The van der Waals surface area contributed by atoms with Crippen molar-refractivity contribution in [1.82, 2.24) is 19.9 Å². The number of hydrogen-bond donors (Lipinski definition) is 2. The van der Waals surface area contributed by atoms with Gasteiger partial charge in [-0.1, -0.05) is 0 Å². The standard InChI is InChI=1S/C8H10N6OS/c1-15-8-13-6(9)12-7(14-8)11-3-5-2-10-4-16-5/h2,4H,3H2,1H3,(H3,9,11,12,13,14). The summed E-state index contributed by atoms with van der Waals surface area (Å²) in [6.45, 7) is 0.595. The molecular formula is C8H10N6OS. The molecule has 0 atom stereocenters. The third-order valence-electron chi connectivity index (χ3n) is 1.72. The first-order chi connectivity index (χ1) is 7.78. The van der Waals surface area contributed by atoms with E-state index in [1.165, 1.54) is 7.11 Å². The van der Waals surface area contributed by atoms with Crippen molar-refractivity contribution in [2.24, 2.45) is 0 Å². The van der Waals surface area contributed by atoms with E-state index in [4.69, 9.17) is 10.5 Å². The number of nitrogens with one attached hydrogen (secondary N) is 1. The Bertz CT molecular complexity index is 460. The monoisotopic (exact) mass is 238 g/mol. The van der Waals surface area contributed by atoms with Gasteiger partial charge in [0.1, 0.15) is 0 Å². The highest BCUT2D eigenvalue weighted by molar-refractivity contribution is 7.09. The minimum atomic E-state index is 0.124. The Labute approximate surface area is 95.7 Å². The van der Waals surface area contributed by atoms with Crippen LogP contribution in [0.5, 0.6) is 6.01 Å². The molecule has 0 spiro atoms. The maximum absolute atomic E-state index is 5.49. The summed E-state index contributed by atoms with van der Waals surface area (Å²) in [5.41, 5.74) is 7.26. The summed E-state index contributed by atoms with van der Waals surface area (Å²) < 4.78 is 4.88. The molecule has 3 N–H and O–H groups in total. The number of nitrogens with zero attached hydrogens (tertiary/aromatic N) is 4. The molecule has 0 aliphatic heterocycles. The average molecular weight is 238 g/mol. The number of ether oxygens (including phenoxy) is 1. The molecule has 2 rings (SSSR count). The van der Waals surface area contributed by atoms with E-state index in [9.17, 15) is 0 Å². The van der Waals surface area contributed by atoms with Gasteiger partial charge in [-0.15, -0.1) is 11.3 Å². The number of rotatable bonds is 4. The zero-order valence-corrected chi connectivity index (χ0v) is 9.36. The van der Waals surface area contributed by atoms with E-state index in [2.05, 4.69) is 25.3 Å². The van der Waals surface area contributed by atoms with Crippen molar-refractivity contribution in [3.05, 3.63) is 16.6 Å². The smallest absolute Gasteiger partial charge is 0.322 e. The van der Waals surface area contributed by atoms with Crippen molar-refractivity contribution in [3.8, 4) is 6.01 Å². The lowest BCUT2D eigenvalue weighted by Gasteiger charge is -2.04. The van der Waals surface area contributed by atoms with E-state index in [1.807, 2.05) is 0 Å². The van der Waals surface area contributed by atoms with Gasteiger partial charge in [0.25, 0.3) is 0 Å². The second kappa shape index (κ2) is 4.71. The Morgan fingerprint density at radius 3 is 3.00 bits per heavy atom. The highest BCUT2D eigenvalue weighted by atomic mass is 32.1. The lowest BCUT2D eigenvalue weighted by Crippen LogP contribution is -2.07. The van der Waals surface area contributed by atoms with Crippen LogP contribution in [0.2, 0.25) is 0 Å². The van der Waals surface area contributed by atoms with E-state index in [1.54, 1.807) is 23.0 Å². The molecule has 2 aromatic heterocycles. The fraction of sp³-hybridized carbons (Fsp3) is 0.250. The first-order valence-electron chi connectivity index (χ1n) is 4.44. The first kappa shape index (κ1) is 10.6. The molecule has 0 aromatic carbocycles. The molecule has 0 saturated carbocycles. The summed E-state index contributed by atoms with van der Waals surface area (Å²) >= 11 is 1.55. The van der Waals surface area contributed by atoms with Crippen LogP contribution in [0, 0.1) is 0 Å². The third-order valence-corrected chi connectivity index (χ3v) is 2.50. The lowest BCUT2D eigenvalue weighted by molar-refractivity contribution is 0.379. The maximum Gasteiger partial charge on any atom is 0.322 e. The number of hydrogen-bond acceptors (Lipinski definition) is 8. The van der Waals surface area contributed by atoms with Gasteiger partial charge in [0.05, 0.1) is 19.2 Å². The van der Waals surface area contributed by atoms with Crippen LogP contribution < -0.4 is 15.8 Å². The van der Waals surface area contributed by atoms with Gasteiger partial charge in [-0.2, -0.15) is 15.0 Å². The SMILES string of the molecule is COc1nc(N)nc(NCc2cncs2)n1. The summed E-state index contributed by atoms with van der Waals surface area (Å²) in [5.74, 6) is 0.511. The van der Waals surface area contributed by atoms with Crippen molar-refractivity contribution in [1.29, 1.82) is 0 Å². The van der Waals surface area contributed by atoms with Crippen LogP contribution in [0.1, 0.15) is 4.88 Å². The zero-order chi connectivity index (χ0) is 11.4. The second-order valence-corrected chi connectivity index (χ2v) is 3.80. The van der Waals surface area contributed by atoms with Gasteiger partial charge in [-0.3, -0.25) is 4.98 Å². The molecule has 0 saturated heterocycles. The Hall–Kier alpha value is -1.96. The highest BCUT2D eigenvalue weighted by Gasteiger charge is 2.04. The van der Waals surface area contributed by atoms with Crippen LogP contribution in [-0.4, -0.2) is 27.0 Å². The third kappa shape index (κ3) is 2.54. The predicted molar refractivity (Wildman–Crippen MR) is 60.2 cm³/mol. The molecule has 0 bridgehead atoms. The van der Waals surface area contributed by atoms with E-state index in [0.717, 1.165) is 4.88 Å². The van der Waals surface area contributed by atoms with E-state index in [-0.39, 0.29) is 12.0 Å². The van der Waals surface area contributed by atoms with Crippen LogP contribution in [0.4, 0.5) is 11.9 Å². The molecule has 0 aliphatic carbocycles. The molecule has 0 unspecified atom stereocenters. The fourth-order valence-corrected chi connectivity index (χ4v) is 1.57. The molecule has 16 heavy (non-hydrogen) atoms. The van der Waals surface area contributed by atoms with Gasteiger partial charge in [0, 0.05) is 11.1 Å². The van der Waals surface area contributed by atoms with Crippen molar-refractivity contribution in [2.45, 2.75) is 6.54 Å². The normalized spacial score (nSPS) is 10.1. The van der Waals surface area contributed by atoms with Gasteiger partial charge in [-0.05, 0) is 0 Å². The number of nitrogen functional groups attached to an aromatic ring is 1. The fourth-order valence-electron chi connectivity index (χ4n) is 1.04. The molecule has 0 fully saturated rings. The van der Waals surface area contributed by atoms with E-state index < -0.39 is 0 Å². The quantitative estimate of drug-likeness (QED) is 0.801. The van der Waals surface area contributed by atoms with Crippen molar-refractivity contribution in [2.75, 3.05) is 18.2 Å². The molecule has 84 valence electrons. The average Bonchev–Trinajstić information content (AvgIpc) is 2.78. The number of nitrogens with two attached hydrogens (primary N) is 1.